The molecule has 1 aromatic rings. The quantitative estimate of drug-likeness (QED) is 0.384. The summed E-state index contributed by atoms with van der Waals surface area (Å²) in [5.74, 6) is -5.18. The number of ether oxygens (including phenoxy) is 1. The van der Waals surface area contributed by atoms with Crippen LogP contribution in [0.4, 0.5) is 13.6 Å². The van der Waals surface area contributed by atoms with Crippen LogP contribution in [0.2, 0.25) is 0 Å². The van der Waals surface area contributed by atoms with Crippen LogP contribution in [0.5, 0.6) is 0 Å². The molecular formula is C27H39BF2N4O5. The van der Waals surface area contributed by atoms with E-state index in [4.69, 9.17) is 4.74 Å². The number of halogens is 2. The van der Waals surface area contributed by atoms with Gasteiger partial charge in [-0.05, 0) is 58.4 Å². The van der Waals surface area contributed by atoms with E-state index in [1.807, 2.05) is 30.3 Å². The fraction of sp³-hybridized carbons (Fsp3) is 0.667. The summed E-state index contributed by atoms with van der Waals surface area (Å²) in [7, 11) is -1.78. The summed E-state index contributed by atoms with van der Waals surface area (Å²) in [6, 6.07) is 11.5. The number of nitrogens with one attached hydrogen (secondary N) is 1. The Kier molecular flexibility index (Phi) is 9.96. The number of nitriles is 1. The van der Waals surface area contributed by atoms with Crippen LogP contribution >= 0.6 is 0 Å². The van der Waals surface area contributed by atoms with Crippen molar-refractivity contribution in [3.8, 4) is 6.07 Å². The number of alkyl carbamates (subject to hydrolysis) is 1. The lowest BCUT2D eigenvalue weighted by Crippen LogP contribution is -2.55. The van der Waals surface area contributed by atoms with E-state index in [0.717, 1.165) is 5.56 Å². The molecule has 2 heterocycles. The minimum atomic E-state index is -2.78. The maximum absolute atomic E-state index is 13.8. The molecule has 2 aliphatic heterocycles. The molecule has 9 nitrogen and oxygen atoms in total. The van der Waals surface area contributed by atoms with Gasteiger partial charge in [0.1, 0.15) is 11.5 Å². The molecule has 0 aromatic heterocycles. The first kappa shape index (κ1) is 30.8. The highest BCUT2D eigenvalue weighted by Crippen LogP contribution is 2.35. The number of nitrogens with zero attached hydrogens (tertiary/aromatic N) is 3. The summed E-state index contributed by atoms with van der Waals surface area (Å²) in [5.41, 5.74) is -0.833. The van der Waals surface area contributed by atoms with Crippen LogP contribution in [0, 0.1) is 17.2 Å². The molecule has 3 atom stereocenters. The van der Waals surface area contributed by atoms with Gasteiger partial charge in [0, 0.05) is 25.0 Å². The molecular weight excluding hydrogens is 509 g/mol. The summed E-state index contributed by atoms with van der Waals surface area (Å²) in [4.78, 5) is 29.2. The van der Waals surface area contributed by atoms with Gasteiger partial charge in [-0.25, -0.2) is 13.6 Å². The molecule has 2 amide bonds. The van der Waals surface area contributed by atoms with Gasteiger partial charge in [0.15, 0.2) is 0 Å². The van der Waals surface area contributed by atoms with Crippen molar-refractivity contribution in [1.29, 1.82) is 5.26 Å². The highest BCUT2D eigenvalue weighted by molar-refractivity contribution is 6.43. The van der Waals surface area contributed by atoms with Crippen molar-refractivity contribution in [2.45, 2.75) is 82.3 Å². The number of carbonyl (C=O) groups excluding carboxylic acids is 2. The van der Waals surface area contributed by atoms with E-state index in [9.17, 15) is 33.7 Å². The zero-order valence-electron chi connectivity index (χ0n) is 22.9. The molecule has 214 valence electrons. The van der Waals surface area contributed by atoms with Gasteiger partial charge in [-0.1, -0.05) is 30.3 Å². The fourth-order valence-corrected chi connectivity index (χ4v) is 5.43. The third kappa shape index (κ3) is 8.62. The lowest BCUT2D eigenvalue weighted by atomic mass is 9.76. The number of hydrogen-bond donors (Lipinski definition) is 3. The molecule has 12 heteroatoms. The van der Waals surface area contributed by atoms with Crippen LogP contribution in [0.25, 0.3) is 0 Å². The predicted octanol–water partition coefficient (Wildman–Crippen LogP) is 2.76. The lowest BCUT2D eigenvalue weighted by Gasteiger charge is -2.42. The van der Waals surface area contributed by atoms with E-state index in [2.05, 4.69) is 11.4 Å². The third-order valence-corrected chi connectivity index (χ3v) is 7.74. The van der Waals surface area contributed by atoms with E-state index in [1.54, 1.807) is 25.7 Å². The first-order valence-corrected chi connectivity index (χ1v) is 13.4. The van der Waals surface area contributed by atoms with Crippen molar-refractivity contribution in [2.24, 2.45) is 5.92 Å². The monoisotopic (exact) mass is 548 g/mol. The molecule has 2 aliphatic rings. The van der Waals surface area contributed by atoms with Gasteiger partial charge in [-0.15, -0.1) is 0 Å². The van der Waals surface area contributed by atoms with Gasteiger partial charge >= 0.3 is 13.2 Å². The van der Waals surface area contributed by atoms with Gasteiger partial charge in [0.05, 0.1) is 25.1 Å². The Bertz CT molecular complexity index is 1040. The molecule has 0 bridgehead atoms. The molecule has 0 radical (unpaired) electrons. The molecule has 39 heavy (non-hydrogen) atoms. The number of likely N-dealkylation sites (tertiary alicyclic amines) is 2. The number of piperidine rings is 1. The molecule has 1 unspecified atom stereocenters. The Balaban J connectivity index is 1.57. The second-order valence-electron chi connectivity index (χ2n) is 11.6. The molecule has 0 spiro atoms. The number of alkyl halides is 2. The van der Waals surface area contributed by atoms with Crippen LogP contribution in [0.15, 0.2) is 30.3 Å². The van der Waals surface area contributed by atoms with E-state index in [-0.39, 0.29) is 32.4 Å². The molecule has 2 saturated heterocycles. The first-order valence-electron chi connectivity index (χ1n) is 13.4. The largest absolute Gasteiger partial charge is 0.475 e. The van der Waals surface area contributed by atoms with Gasteiger partial charge in [-0.2, -0.15) is 5.26 Å². The van der Waals surface area contributed by atoms with Crippen molar-refractivity contribution < 1.29 is 33.2 Å². The second-order valence-corrected chi connectivity index (χ2v) is 11.6. The van der Waals surface area contributed by atoms with Crippen molar-refractivity contribution in [1.82, 2.24) is 15.1 Å². The van der Waals surface area contributed by atoms with E-state index in [0.29, 0.717) is 25.8 Å². The van der Waals surface area contributed by atoms with Crippen LogP contribution in [0.3, 0.4) is 0 Å². The molecule has 2 fully saturated rings. The van der Waals surface area contributed by atoms with Crippen LogP contribution in [-0.2, 0) is 16.0 Å². The summed E-state index contributed by atoms with van der Waals surface area (Å²) >= 11 is 0. The maximum atomic E-state index is 13.8. The third-order valence-electron chi connectivity index (χ3n) is 7.74. The number of aryl methyl sites for hydroxylation is 1. The Morgan fingerprint density at radius 3 is 2.49 bits per heavy atom. The molecule has 0 aliphatic carbocycles. The molecule has 3 rings (SSSR count). The van der Waals surface area contributed by atoms with Crippen molar-refractivity contribution in [3.63, 3.8) is 0 Å². The average molecular weight is 548 g/mol. The van der Waals surface area contributed by atoms with Crippen LogP contribution in [0.1, 0.15) is 58.4 Å². The minimum absolute atomic E-state index is 0.0655. The standard InChI is InChI=1S/C27H39BF2N4O5/c1-25(2,34-15-13-27(29,30)19-34)16-21(17-31)23(35)33-14-7-12-26(3,18-33)39-24(36)32-22(28(37)38)11-10-20-8-5-4-6-9-20/h4-6,8-9,21-22,37-38H,7,10-16,18-19H2,1-3H3,(H,32,36)/t21?,22-,26-/m0/s1. The number of carbonyl (C=O) groups is 2. The van der Waals surface area contributed by atoms with Gasteiger partial charge in [0.25, 0.3) is 5.92 Å². The molecule has 0 saturated carbocycles. The SMILES string of the molecule is CC(C)(CC(C#N)C(=O)N1CCC[C@](C)(OC(=O)N[C@@H](CCc2ccccc2)B(O)O)C1)N1CCC(F)(F)C1. The second kappa shape index (κ2) is 12.6. The predicted molar refractivity (Wildman–Crippen MR) is 142 cm³/mol. The Morgan fingerprint density at radius 2 is 1.90 bits per heavy atom. The van der Waals surface area contributed by atoms with E-state index >= 15 is 0 Å². The number of hydrogen-bond acceptors (Lipinski definition) is 7. The normalized spacial score (nSPS) is 23.0. The fourth-order valence-electron chi connectivity index (χ4n) is 5.43. The summed E-state index contributed by atoms with van der Waals surface area (Å²) < 4.78 is 33.2. The van der Waals surface area contributed by atoms with Gasteiger partial charge in [0.2, 0.25) is 5.91 Å². The van der Waals surface area contributed by atoms with Crippen molar-refractivity contribution >= 4 is 19.1 Å². The summed E-state index contributed by atoms with van der Waals surface area (Å²) in [6.07, 6.45) is 0.841. The van der Waals surface area contributed by atoms with Crippen molar-refractivity contribution in [3.05, 3.63) is 35.9 Å². The van der Waals surface area contributed by atoms with Crippen molar-refractivity contribution in [2.75, 3.05) is 26.2 Å². The zero-order chi connectivity index (χ0) is 28.8. The van der Waals surface area contributed by atoms with Gasteiger partial charge < -0.3 is 25.0 Å². The van der Waals surface area contributed by atoms with E-state index < -0.39 is 54.6 Å². The minimum Gasteiger partial charge on any atom is -0.441 e. The number of benzene rings is 1. The maximum Gasteiger partial charge on any atom is 0.475 e. The molecule has 3 N–H and O–H groups in total. The van der Waals surface area contributed by atoms with Gasteiger partial charge in [-0.3, -0.25) is 9.69 Å². The Labute approximate surface area is 229 Å². The lowest BCUT2D eigenvalue weighted by molar-refractivity contribution is -0.141. The molecule has 1 aromatic carbocycles. The Morgan fingerprint density at radius 1 is 1.21 bits per heavy atom. The topological polar surface area (TPSA) is 126 Å². The highest BCUT2D eigenvalue weighted by atomic mass is 19.3. The zero-order valence-corrected chi connectivity index (χ0v) is 22.9. The highest BCUT2D eigenvalue weighted by Gasteiger charge is 2.46. The first-order chi connectivity index (χ1) is 18.2. The Hall–Kier alpha value is -2.75. The van der Waals surface area contributed by atoms with Crippen LogP contribution < -0.4 is 5.32 Å². The number of rotatable bonds is 10. The summed E-state index contributed by atoms with van der Waals surface area (Å²) in [6.45, 7) is 5.48. The smallest absolute Gasteiger partial charge is 0.441 e. The number of amides is 2. The van der Waals surface area contributed by atoms with Crippen LogP contribution in [-0.4, -0.2) is 88.1 Å². The van der Waals surface area contributed by atoms with E-state index in [1.165, 1.54) is 4.90 Å². The average Bonchev–Trinajstić information content (AvgIpc) is 3.25. The summed E-state index contributed by atoms with van der Waals surface area (Å²) in [5, 5.41) is 31.8.